The molecule has 6 N–H and O–H groups in total. The summed E-state index contributed by atoms with van der Waals surface area (Å²) >= 11 is 0. The first-order chi connectivity index (χ1) is 17.1. The molecular formula is C23H28N6O6S. The van der Waals surface area contributed by atoms with Crippen LogP contribution in [0, 0.1) is 11.3 Å². The van der Waals surface area contributed by atoms with E-state index in [9.17, 15) is 27.9 Å². The summed E-state index contributed by atoms with van der Waals surface area (Å²) in [5.74, 6) is -2.86. The third-order valence-corrected chi connectivity index (χ3v) is 6.46. The number of fused-ring (bicyclic) bond motifs is 1. The molecule has 1 saturated heterocycles. The standard InChI is InChI=1S/C23H28N6O6S/c24-22(25)29-11-3-4-15(14-29)13-26-19(30)9-10-20(31)27-23(21(32)33,28-36(34)35)18-8-7-16-5-1-2-6-17(16)12-18/h1-2,5-8,12,15H,3-4,9-11,13-14H2,(H3,24,25)(H,26,30)(H,27,31)(H,32,33)/t15-,23-/m0/s1. The van der Waals surface area contributed by atoms with Crippen molar-refractivity contribution in [3.63, 3.8) is 0 Å². The highest BCUT2D eigenvalue weighted by molar-refractivity contribution is 7.61. The van der Waals surface area contributed by atoms with Gasteiger partial charge in [-0.05, 0) is 35.6 Å². The van der Waals surface area contributed by atoms with Crippen LogP contribution in [-0.2, 0) is 30.5 Å². The first kappa shape index (κ1) is 26.6. The van der Waals surface area contributed by atoms with Crippen LogP contribution in [0.25, 0.3) is 10.8 Å². The highest BCUT2D eigenvalue weighted by Gasteiger charge is 2.43. The van der Waals surface area contributed by atoms with E-state index >= 15 is 0 Å². The predicted molar refractivity (Wildman–Crippen MR) is 131 cm³/mol. The van der Waals surface area contributed by atoms with Gasteiger partial charge in [-0.1, -0.05) is 36.4 Å². The first-order valence-corrected chi connectivity index (χ1v) is 12.4. The number of nitrogens with zero attached hydrogens (tertiary/aromatic N) is 2. The maximum Gasteiger partial charge on any atom is 0.358 e. The molecular weight excluding hydrogens is 488 g/mol. The average molecular weight is 517 g/mol. The highest BCUT2D eigenvalue weighted by Crippen LogP contribution is 2.28. The van der Waals surface area contributed by atoms with Crippen molar-refractivity contribution in [1.29, 1.82) is 5.41 Å². The number of hydrogen-bond donors (Lipinski definition) is 5. The summed E-state index contributed by atoms with van der Waals surface area (Å²) in [7, 11) is -3.16. The van der Waals surface area contributed by atoms with Crippen molar-refractivity contribution in [3.05, 3.63) is 48.0 Å². The minimum Gasteiger partial charge on any atom is -0.478 e. The van der Waals surface area contributed by atoms with Crippen LogP contribution in [0.5, 0.6) is 0 Å². The molecule has 0 spiro atoms. The van der Waals surface area contributed by atoms with Crippen molar-refractivity contribution in [1.82, 2.24) is 15.5 Å². The van der Waals surface area contributed by atoms with Gasteiger partial charge in [0.05, 0.1) is 0 Å². The largest absolute Gasteiger partial charge is 0.478 e. The third-order valence-electron chi connectivity index (χ3n) is 6.04. The Labute approximate surface area is 209 Å². The van der Waals surface area contributed by atoms with Crippen molar-refractivity contribution in [2.75, 3.05) is 19.6 Å². The van der Waals surface area contributed by atoms with Crippen LogP contribution in [0.2, 0.25) is 0 Å². The van der Waals surface area contributed by atoms with Gasteiger partial charge in [-0.25, -0.2) is 4.79 Å². The lowest BCUT2D eigenvalue weighted by atomic mass is 9.96. The minimum atomic E-state index is -3.16. The average Bonchev–Trinajstić information content (AvgIpc) is 2.85. The van der Waals surface area contributed by atoms with E-state index in [1.165, 1.54) is 12.1 Å². The van der Waals surface area contributed by atoms with Crippen LogP contribution in [0.15, 0.2) is 46.8 Å². The summed E-state index contributed by atoms with van der Waals surface area (Å²) < 4.78 is 26.2. The van der Waals surface area contributed by atoms with Crippen molar-refractivity contribution >= 4 is 45.0 Å². The molecule has 2 aromatic rings. The number of carbonyl (C=O) groups excluding carboxylic acids is 2. The molecule has 1 fully saturated rings. The number of benzene rings is 2. The van der Waals surface area contributed by atoms with Gasteiger partial charge in [-0.2, -0.15) is 8.42 Å². The van der Waals surface area contributed by atoms with Crippen molar-refractivity contribution in [3.8, 4) is 0 Å². The molecule has 3 rings (SSSR count). The lowest BCUT2D eigenvalue weighted by Gasteiger charge is -2.33. The van der Waals surface area contributed by atoms with Crippen molar-refractivity contribution < 1.29 is 27.9 Å². The number of likely N-dealkylation sites (tertiary alicyclic amines) is 1. The summed E-state index contributed by atoms with van der Waals surface area (Å²) in [6.45, 7) is 1.60. The van der Waals surface area contributed by atoms with Crippen molar-refractivity contribution in [2.45, 2.75) is 31.3 Å². The Morgan fingerprint density at radius 3 is 2.50 bits per heavy atom. The van der Waals surface area contributed by atoms with Crippen LogP contribution >= 0.6 is 0 Å². The van der Waals surface area contributed by atoms with Crippen LogP contribution in [0.3, 0.4) is 0 Å². The fraction of sp³-hybridized carbons (Fsp3) is 0.391. The summed E-state index contributed by atoms with van der Waals surface area (Å²) in [5.41, 5.74) is 2.89. The zero-order chi connectivity index (χ0) is 26.3. The first-order valence-electron chi connectivity index (χ1n) is 11.3. The van der Waals surface area contributed by atoms with Gasteiger partial charge in [0, 0.05) is 38.0 Å². The minimum absolute atomic E-state index is 0.0135. The molecule has 36 heavy (non-hydrogen) atoms. The number of aliphatic carboxylic acids is 1. The fourth-order valence-electron chi connectivity index (χ4n) is 4.18. The molecule has 2 amide bonds. The second-order valence-electron chi connectivity index (χ2n) is 8.58. The van der Waals surface area contributed by atoms with Gasteiger partial charge in [-0.15, -0.1) is 4.36 Å². The Balaban J connectivity index is 1.67. The Hall–Kier alpha value is -4.00. The van der Waals surface area contributed by atoms with E-state index in [1.807, 2.05) is 0 Å². The SMILES string of the molecule is N=C(N)N1CCC[C@@H](CNC(=O)CCC(=O)N[C@@](N=S(=O)=O)(C(=O)O)c2ccc3ccccc3c2)C1. The van der Waals surface area contributed by atoms with Gasteiger partial charge < -0.3 is 26.4 Å². The fourth-order valence-corrected chi connectivity index (χ4v) is 4.63. The molecule has 0 radical (unpaired) electrons. The van der Waals surface area contributed by atoms with Crippen molar-refractivity contribution in [2.24, 2.45) is 16.0 Å². The van der Waals surface area contributed by atoms with Gasteiger partial charge >= 0.3 is 16.5 Å². The maximum absolute atomic E-state index is 12.7. The maximum atomic E-state index is 12.7. The van der Waals surface area contributed by atoms with E-state index < -0.39 is 33.9 Å². The number of piperidine rings is 1. The molecule has 0 aliphatic carbocycles. The highest BCUT2D eigenvalue weighted by atomic mass is 32.2. The topological polar surface area (TPSA) is 195 Å². The van der Waals surface area contributed by atoms with E-state index in [-0.39, 0.29) is 30.3 Å². The molecule has 13 heteroatoms. The number of nitrogens with one attached hydrogen (secondary N) is 3. The molecule has 0 unspecified atom stereocenters. The second kappa shape index (κ2) is 11.6. The molecule has 12 nitrogen and oxygen atoms in total. The van der Waals surface area contributed by atoms with Crippen LogP contribution < -0.4 is 16.4 Å². The Morgan fingerprint density at radius 2 is 1.83 bits per heavy atom. The summed E-state index contributed by atoms with van der Waals surface area (Å²) in [6, 6.07) is 11.5. The number of nitrogens with two attached hydrogens (primary N) is 1. The molecule has 2 atom stereocenters. The number of carbonyl (C=O) groups is 3. The molecule has 0 bridgehead atoms. The van der Waals surface area contributed by atoms with E-state index in [1.54, 1.807) is 35.2 Å². The zero-order valence-electron chi connectivity index (χ0n) is 19.4. The number of guanidine groups is 1. The normalized spacial score (nSPS) is 17.0. The van der Waals surface area contributed by atoms with Gasteiger partial charge in [0.2, 0.25) is 11.8 Å². The Bertz CT molecular complexity index is 1310. The van der Waals surface area contributed by atoms with E-state index in [4.69, 9.17) is 11.1 Å². The molecule has 0 saturated carbocycles. The third kappa shape index (κ3) is 6.56. The molecule has 1 aliphatic heterocycles. The number of rotatable bonds is 9. The Kier molecular flexibility index (Phi) is 8.59. The number of carboxylic acids is 1. The smallest absolute Gasteiger partial charge is 0.358 e. The monoisotopic (exact) mass is 516 g/mol. The Morgan fingerprint density at radius 1 is 1.14 bits per heavy atom. The summed E-state index contributed by atoms with van der Waals surface area (Å²) in [6.07, 6.45) is 1.10. The number of hydrogen-bond acceptors (Lipinski definition) is 7. The number of carboxylic acid groups (broad SMARTS) is 1. The molecule has 0 aromatic heterocycles. The molecule has 1 aliphatic rings. The van der Waals surface area contributed by atoms with E-state index in [0.717, 1.165) is 18.2 Å². The zero-order valence-corrected chi connectivity index (χ0v) is 20.3. The molecule has 192 valence electrons. The van der Waals surface area contributed by atoms with Gasteiger partial charge in [-0.3, -0.25) is 15.0 Å². The van der Waals surface area contributed by atoms with Gasteiger partial charge in [0.1, 0.15) is 0 Å². The molecule has 1 heterocycles. The van der Waals surface area contributed by atoms with Crippen LogP contribution in [0.4, 0.5) is 0 Å². The van der Waals surface area contributed by atoms with Gasteiger partial charge in [0.25, 0.3) is 5.66 Å². The van der Waals surface area contributed by atoms with Crippen LogP contribution in [0.1, 0.15) is 31.2 Å². The van der Waals surface area contributed by atoms with E-state index in [0.29, 0.717) is 25.0 Å². The summed E-state index contributed by atoms with van der Waals surface area (Å²) in [4.78, 5) is 38.9. The second-order valence-corrected chi connectivity index (χ2v) is 9.19. The van der Waals surface area contributed by atoms with E-state index in [2.05, 4.69) is 15.0 Å². The quantitative estimate of drug-likeness (QED) is 0.238. The number of amides is 2. The predicted octanol–water partition coefficient (Wildman–Crippen LogP) is 0.758. The van der Waals surface area contributed by atoms with Gasteiger partial charge in [0.15, 0.2) is 5.96 Å². The summed E-state index contributed by atoms with van der Waals surface area (Å²) in [5, 5.41) is 23.8. The lowest BCUT2D eigenvalue weighted by molar-refractivity contribution is -0.147. The molecule has 2 aromatic carbocycles. The lowest BCUT2D eigenvalue weighted by Crippen LogP contribution is -2.50. The van der Waals surface area contributed by atoms with Crippen LogP contribution in [-0.4, -0.2) is 61.8 Å².